The second-order valence-electron chi connectivity index (χ2n) is 6.48. The maximum atomic E-state index is 12.7. The second kappa shape index (κ2) is 5.29. The van der Waals surface area contributed by atoms with E-state index in [-0.39, 0.29) is 30.3 Å². The van der Waals surface area contributed by atoms with Crippen LogP contribution in [0.5, 0.6) is 0 Å². The summed E-state index contributed by atoms with van der Waals surface area (Å²) in [6.45, 7) is 0.921. The molecule has 2 aliphatic heterocycles. The summed E-state index contributed by atoms with van der Waals surface area (Å²) < 4.78 is 0. The molecule has 3 rings (SSSR count). The molecule has 7 nitrogen and oxygen atoms in total. The van der Waals surface area contributed by atoms with Crippen LogP contribution in [0.3, 0.4) is 0 Å². The van der Waals surface area contributed by atoms with E-state index in [0.717, 1.165) is 32.1 Å². The number of amides is 4. The lowest BCUT2D eigenvalue weighted by Crippen LogP contribution is -2.60. The van der Waals surface area contributed by atoms with Crippen molar-refractivity contribution in [3.8, 4) is 0 Å². The quantitative estimate of drug-likeness (QED) is 0.578. The van der Waals surface area contributed by atoms with Crippen LogP contribution in [-0.2, 0) is 9.59 Å². The van der Waals surface area contributed by atoms with Crippen LogP contribution in [0, 0.1) is 5.92 Å². The van der Waals surface area contributed by atoms with E-state index >= 15 is 0 Å². The van der Waals surface area contributed by atoms with E-state index in [9.17, 15) is 14.4 Å². The largest absolute Gasteiger partial charge is 0.340 e. The van der Waals surface area contributed by atoms with E-state index in [0.29, 0.717) is 13.0 Å². The monoisotopic (exact) mass is 294 g/mol. The van der Waals surface area contributed by atoms with Crippen LogP contribution in [0.4, 0.5) is 4.79 Å². The van der Waals surface area contributed by atoms with E-state index < -0.39 is 11.6 Å². The van der Waals surface area contributed by atoms with Crippen molar-refractivity contribution in [3.05, 3.63) is 0 Å². The van der Waals surface area contributed by atoms with E-state index in [1.165, 1.54) is 0 Å². The van der Waals surface area contributed by atoms with Gasteiger partial charge in [-0.2, -0.15) is 0 Å². The lowest BCUT2D eigenvalue weighted by atomic mass is 9.83. The normalized spacial score (nSPS) is 36.5. The zero-order valence-corrected chi connectivity index (χ0v) is 12.1. The Morgan fingerprint density at radius 3 is 2.76 bits per heavy atom. The average molecular weight is 294 g/mol. The standard InChI is InChI=1S/C14H22N4O3/c15-10-4-1-3-9(7-10)11(19)18-6-2-5-14(8-18)12(20)16-13(21)17-14/h9-10H,1-8,15H2,(H2,16,17,20,21). The minimum absolute atomic E-state index is 0.0379. The van der Waals surface area contributed by atoms with E-state index in [2.05, 4.69) is 10.6 Å². The van der Waals surface area contributed by atoms with Gasteiger partial charge in [0.05, 0.1) is 6.54 Å². The number of rotatable bonds is 1. The van der Waals surface area contributed by atoms with Gasteiger partial charge in [0, 0.05) is 18.5 Å². The first-order valence-corrected chi connectivity index (χ1v) is 7.68. The topological polar surface area (TPSA) is 105 Å². The third kappa shape index (κ3) is 2.62. The lowest BCUT2D eigenvalue weighted by molar-refractivity contribution is -0.140. The zero-order valence-electron chi connectivity index (χ0n) is 12.1. The summed E-state index contributed by atoms with van der Waals surface area (Å²) in [7, 11) is 0. The van der Waals surface area contributed by atoms with Gasteiger partial charge in [-0.3, -0.25) is 14.9 Å². The van der Waals surface area contributed by atoms with Crippen molar-refractivity contribution in [1.82, 2.24) is 15.5 Å². The smallest absolute Gasteiger partial charge is 0.322 e. The molecule has 3 unspecified atom stereocenters. The Morgan fingerprint density at radius 2 is 2.10 bits per heavy atom. The summed E-state index contributed by atoms with van der Waals surface area (Å²) >= 11 is 0. The molecule has 4 N–H and O–H groups in total. The SMILES string of the molecule is NC1CCCC(C(=O)N2CCCC3(C2)NC(=O)NC3=O)C1. The van der Waals surface area contributed by atoms with Crippen molar-refractivity contribution in [2.24, 2.45) is 11.7 Å². The summed E-state index contributed by atoms with van der Waals surface area (Å²) in [5, 5.41) is 4.97. The molecule has 0 aromatic carbocycles. The minimum Gasteiger partial charge on any atom is -0.340 e. The Labute approximate surface area is 123 Å². The number of likely N-dealkylation sites (tertiary alicyclic amines) is 1. The highest BCUT2D eigenvalue weighted by molar-refractivity contribution is 6.07. The van der Waals surface area contributed by atoms with Crippen molar-refractivity contribution >= 4 is 17.8 Å². The molecule has 7 heteroatoms. The summed E-state index contributed by atoms with van der Waals surface area (Å²) in [4.78, 5) is 37.8. The Morgan fingerprint density at radius 1 is 1.29 bits per heavy atom. The number of carbonyl (C=O) groups is 3. The first-order chi connectivity index (χ1) is 10.00. The number of nitrogens with two attached hydrogens (primary N) is 1. The predicted molar refractivity (Wildman–Crippen MR) is 75.2 cm³/mol. The van der Waals surface area contributed by atoms with Crippen LogP contribution in [0.2, 0.25) is 0 Å². The van der Waals surface area contributed by atoms with Gasteiger partial charge >= 0.3 is 6.03 Å². The van der Waals surface area contributed by atoms with Crippen LogP contribution < -0.4 is 16.4 Å². The zero-order chi connectivity index (χ0) is 15.0. The van der Waals surface area contributed by atoms with Gasteiger partial charge < -0.3 is 16.0 Å². The molecule has 3 atom stereocenters. The number of nitrogens with zero attached hydrogens (tertiary/aromatic N) is 1. The van der Waals surface area contributed by atoms with Gasteiger partial charge in [-0.15, -0.1) is 0 Å². The van der Waals surface area contributed by atoms with Crippen LogP contribution >= 0.6 is 0 Å². The molecule has 2 heterocycles. The number of hydrogen-bond acceptors (Lipinski definition) is 4. The molecule has 0 bridgehead atoms. The summed E-state index contributed by atoms with van der Waals surface area (Å²) in [5.74, 6) is -0.271. The van der Waals surface area contributed by atoms with Crippen molar-refractivity contribution in [2.45, 2.75) is 50.1 Å². The van der Waals surface area contributed by atoms with E-state index in [1.54, 1.807) is 4.90 Å². The Bertz CT molecular complexity index is 481. The van der Waals surface area contributed by atoms with Crippen molar-refractivity contribution in [3.63, 3.8) is 0 Å². The second-order valence-corrected chi connectivity index (χ2v) is 6.48. The van der Waals surface area contributed by atoms with Gasteiger partial charge in [-0.1, -0.05) is 6.42 Å². The van der Waals surface area contributed by atoms with Crippen molar-refractivity contribution < 1.29 is 14.4 Å². The first-order valence-electron chi connectivity index (χ1n) is 7.68. The molecule has 0 aromatic rings. The molecule has 1 spiro atoms. The molecular formula is C14H22N4O3. The number of imide groups is 1. The Hall–Kier alpha value is -1.63. The van der Waals surface area contributed by atoms with Crippen LogP contribution in [-0.4, -0.2) is 47.4 Å². The van der Waals surface area contributed by atoms with Gasteiger partial charge in [0.2, 0.25) is 5.91 Å². The van der Waals surface area contributed by atoms with Gasteiger partial charge in [-0.25, -0.2) is 4.79 Å². The molecule has 1 saturated carbocycles. The summed E-state index contributed by atoms with van der Waals surface area (Å²) in [6, 6.07) is -0.366. The molecule has 4 amide bonds. The van der Waals surface area contributed by atoms with Crippen molar-refractivity contribution in [2.75, 3.05) is 13.1 Å². The fourth-order valence-electron chi connectivity index (χ4n) is 3.77. The van der Waals surface area contributed by atoms with Gasteiger partial charge in [0.1, 0.15) is 5.54 Å². The fourth-order valence-corrected chi connectivity index (χ4v) is 3.77. The summed E-state index contributed by atoms with van der Waals surface area (Å²) in [6.07, 6.45) is 4.85. The molecule has 3 fully saturated rings. The molecule has 3 aliphatic rings. The lowest BCUT2D eigenvalue weighted by Gasteiger charge is -2.40. The highest BCUT2D eigenvalue weighted by Crippen LogP contribution is 2.29. The van der Waals surface area contributed by atoms with Gasteiger partial charge in [-0.05, 0) is 32.1 Å². The molecule has 2 saturated heterocycles. The van der Waals surface area contributed by atoms with Gasteiger partial charge in [0.15, 0.2) is 0 Å². The summed E-state index contributed by atoms with van der Waals surface area (Å²) in [5.41, 5.74) is 5.03. The van der Waals surface area contributed by atoms with Crippen LogP contribution in [0.15, 0.2) is 0 Å². The number of carbonyl (C=O) groups excluding carboxylic acids is 3. The number of hydrogen-bond donors (Lipinski definition) is 3. The van der Waals surface area contributed by atoms with E-state index in [4.69, 9.17) is 5.73 Å². The van der Waals surface area contributed by atoms with Crippen LogP contribution in [0.1, 0.15) is 38.5 Å². The van der Waals surface area contributed by atoms with Gasteiger partial charge in [0.25, 0.3) is 5.91 Å². The number of urea groups is 1. The maximum absolute atomic E-state index is 12.7. The fraction of sp³-hybridized carbons (Fsp3) is 0.786. The highest BCUT2D eigenvalue weighted by atomic mass is 16.2. The number of piperidine rings is 1. The molecule has 0 radical (unpaired) electrons. The molecule has 116 valence electrons. The third-order valence-corrected chi connectivity index (χ3v) is 4.88. The van der Waals surface area contributed by atoms with Crippen molar-refractivity contribution in [1.29, 1.82) is 0 Å². The van der Waals surface area contributed by atoms with E-state index in [1.807, 2.05) is 0 Å². The molecule has 1 aliphatic carbocycles. The first kappa shape index (κ1) is 14.3. The maximum Gasteiger partial charge on any atom is 0.322 e. The third-order valence-electron chi connectivity index (χ3n) is 4.88. The predicted octanol–water partition coefficient (Wildman–Crippen LogP) is -0.295. The molecule has 0 aromatic heterocycles. The molecular weight excluding hydrogens is 272 g/mol. The molecule has 21 heavy (non-hydrogen) atoms. The average Bonchev–Trinajstić information content (AvgIpc) is 2.72. The van der Waals surface area contributed by atoms with Crippen LogP contribution in [0.25, 0.3) is 0 Å². The Balaban J connectivity index is 1.70. The highest BCUT2D eigenvalue weighted by Gasteiger charge is 2.50. The Kier molecular flexibility index (Phi) is 3.61. The number of nitrogens with one attached hydrogen (secondary N) is 2. The minimum atomic E-state index is -0.929.